The van der Waals surface area contributed by atoms with E-state index in [1.165, 1.54) is 72.0 Å². The molecule has 6 heteroatoms. The molecule has 1 amide bonds. The zero-order valence-corrected chi connectivity index (χ0v) is 21.4. The number of aromatic nitrogens is 2. The summed E-state index contributed by atoms with van der Waals surface area (Å²) in [5.41, 5.74) is 1.70. The number of nitrogens with zero attached hydrogens (tertiary/aromatic N) is 3. The second kappa shape index (κ2) is 7.94. The molecule has 5 aliphatic carbocycles. The number of carbonyl (C=O) groups excluding carboxylic acids is 1. The van der Waals surface area contributed by atoms with Gasteiger partial charge in [-0.15, -0.1) is 11.3 Å². The van der Waals surface area contributed by atoms with Gasteiger partial charge in [-0.3, -0.25) is 4.79 Å². The highest BCUT2D eigenvalue weighted by atomic mass is 32.2. The number of carbonyl (C=O) groups is 1. The lowest BCUT2D eigenvalue weighted by Crippen LogP contribution is -2.49. The molecule has 5 fully saturated rings. The number of hydrogen-bond donors (Lipinski definition) is 0. The first-order chi connectivity index (χ1) is 16.1. The molecule has 4 nitrogen and oxygen atoms in total. The molecule has 2 aromatic rings. The van der Waals surface area contributed by atoms with Gasteiger partial charge < -0.3 is 4.90 Å². The van der Waals surface area contributed by atoms with E-state index < -0.39 is 0 Å². The molecule has 0 N–H and O–H groups in total. The summed E-state index contributed by atoms with van der Waals surface area (Å²) in [6.07, 6.45) is 14.1. The van der Waals surface area contributed by atoms with Gasteiger partial charge in [-0.05, 0) is 99.9 Å². The van der Waals surface area contributed by atoms with Gasteiger partial charge in [0.05, 0.1) is 5.75 Å². The average Bonchev–Trinajstić information content (AvgIpc) is 3.44. The van der Waals surface area contributed by atoms with E-state index in [0.29, 0.717) is 11.7 Å². The SMILES string of the molecule is C[C@H]1CCc2c(sc3nc(C45CC6CC(CC(C6)C4)C5)nc(SCC(=O)N4CCCC4)c23)C1. The number of aryl methyl sites for hydroxylation is 1. The van der Waals surface area contributed by atoms with Gasteiger partial charge in [0.25, 0.3) is 0 Å². The fraction of sp³-hybridized carbons (Fsp3) is 0.741. The summed E-state index contributed by atoms with van der Waals surface area (Å²) in [6.45, 7) is 4.25. The molecular formula is C27H35N3OS2. The van der Waals surface area contributed by atoms with Crippen molar-refractivity contribution >= 4 is 39.2 Å². The Morgan fingerprint density at radius 1 is 1.09 bits per heavy atom. The molecule has 8 rings (SSSR count). The molecule has 0 spiro atoms. The van der Waals surface area contributed by atoms with Crippen LogP contribution in [0.1, 0.15) is 81.0 Å². The number of hydrogen-bond acceptors (Lipinski definition) is 5. The van der Waals surface area contributed by atoms with Gasteiger partial charge in [0.2, 0.25) is 5.91 Å². The van der Waals surface area contributed by atoms with Gasteiger partial charge in [0.1, 0.15) is 15.7 Å². The van der Waals surface area contributed by atoms with E-state index in [-0.39, 0.29) is 5.41 Å². The van der Waals surface area contributed by atoms with Crippen LogP contribution in [0.3, 0.4) is 0 Å². The molecule has 3 heterocycles. The first-order valence-electron chi connectivity index (χ1n) is 13.3. The topological polar surface area (TPSA) is 46.1 Å². The van der Waals surface area contributed by atoms with Gasteiger partial charge >= 0.3 is 0 Å². The third-order valence-corrected chi connectivity index (χ3v) is 11.5. The van der Waals surface area contributed by atoms with Crippen LogP contribution in [0.15, 0.2) is 5.03 Å². The number of likely N-dealkylation sites (tertiary alicyclic amines) is 1. The van der Waals surface area contributed by atoms with Crippen LogP contribution >= 0.6 is 23.1 Å². The molecule has 2 aromatic heterocycles. The Morgan fingerprint density at radius 2 is 1.79 bits per heavy atom. The lowest BCUT2D eigenvalue weighted by atomic mass is 9.49. The number of thiophene rings is 1. The van der Waals surface area contributed by atoms with Crippen LogP contribution in [0.4, 0.5) is 0 Å². The molecule has 1 saturated heterocycles. The molecule has 0 radical (unpaired) electrons. The second-order valence-corrected chi connectivity index (χ2v) is 14.0. The number of rotatable bonds is 4. The minimum Gasteiger partial charge on any atom is -0.342 e. The maximum Gasteiger partial charge on any atom is 0.232 e. The molecular weight excluding hydrogens is 446 g/mol. The smallest absolute Gasteiger partial charge is 0.232 e. The maximum atomic E-state index is 12.9. The highest BCUT2D eigenvalue weighted by molar-refractivity contribution is 8.00. The van der Waals surface area contributed by atoms with Gasteiger partial charge in [-0.2, -0.15) is 0 Å². The predicted octanol–water partition coefficient (Wildman–Crippen LogP) is 6.00. The maximum absolute atomic E-state index is 12.9. The fourth-order valence-corrected chi connectivity index (χ4v) is 10.6. The summed E-state index contributed by atoms with van der Waals surface area (Å²) in [5, 5.41) is 2.42. The van der Waals surface area contributed by atoms with Crippen molar-refractivity contribution in [3.63, 3.8) is 0 Å². The third-order valence-electron chi connectivity index (χ3n) is 9.43. The molecule has 0 unspecified atom stereocenters. The van der Waals surface area contributed by atoms with Crippen molar-refractivity contribution in [1.29, 1.82) is 0 Å². The minimum atomic E-state index is 0.203. The van der Waals surface area contributed by atoms with Crippen molar-refractivity contribution in [2.75, 3.05) is 18.8 Å². The third kappa shape index (κ3) is 3.57. The first kappa shape index (κ1) is 21.2. The molecule has 4 saturated carbocycles. The first-order valence-corrected chi connectivity index (χ1v) is 15.1. The zero-order valence-electron chi connectivity index (χ0n) is 19.8. The Bertz CT molecular complexity index is 1070. The Hall–Kier alpha value is -1.14. The van der Waals surface area contributed by atoms with E-state index in [0.717, 1.165) is 66.9 Å². The fourth-order valence-electron chi connectivity index (χ4n) is 8.22. The Kier molecular flexibility index (Phi) is 5.09. The minimum absolute atomic E-state index is 0.203. The highest BCUT2D eigenvalue weighted by Gasteiger charge is 2.53. The van der Waals surface area contributed by atoms with Crippen LogP contribution in [0.5, 0.6) is 0 Å². The van der Waals surface area contributed by atoms with Crippen molar-refractivity contribution in [2.24, 2.45) is 23.7 Å². The van der Waals surface area contributed by atoms with Crippen molar-refractivity contribution < 1.29 is 4.79 Å². The summed E-state index contributed by atoms with van der Waals surface area (Å²) in [7, 11) is 0. The van der Waals surface area contributed by atoms with E-state index in [9.17, 15) is 4.79 Å². The predicted molar refractivity (Wildman–Crippen MR) is 135 cm³/mol. The summed E-state index contributed by atoms with van der Waals surface area (Å²) in [6, 6.07) is 0. The second-order valence-electron chi connectivity index (χ2n) is 12.0. The van der Waals surface area contributed by atoms with Gasteiger partial charge in [-0.1, -0.05) is 18.7 Å². The molecule has 4 bridgehead atoms. The van der Waals surface area contributed by atoms with Gasteiger partial charge in [-0.25, -0.2) is 9.97 Å². The Labute approximate surface area is 205 Å². The van der Waals surface area contributed by atoms with Crippen LogP contribution in [-0.2, 0) is 23.1 Å². The number of thioether (sulfide) groups is 1. The lowest BCUT2D eigenvalue weighted by molar-refractivity contribution is -0.127. The summed E-state index contributed by atoms with van der Waals surface area (Å²) in [4.78, 5) is 28.4. The normalized spacial score (nSPS) is 34.9. The molecule has 33 heavy (non-hydrogen) atoms. The molecule has 1 atom stereocenters. The van der Waals surface area contributed by atoms with E-state index in [4.69, 9.17) is 9.97 Å². The largest absolute Gasteiger partial charge is 0.342 e. The number of amides is 1. The van der Waals surface area contributed by atoms with Crippen LogP contribution in [0, 0.1) is 23.7 Å². The molecule has 0 aromatic carbocycles. The van der Waals surface area contributed by atoms with Crippen molar-refractivity contribution in [3.05, 3.63) is 16.3 Å². The average molecular weight is 482 g/mol. The van der Waals surface area contributed by atoms with Crippen LogP contribution in [0.2, 0.25) is 0 Å². The van der Waals surface area contributed by atoms with Gasteiger partial charge in [0.15, 0.2) is 0 Å². The van der Waals surface area contributed by atoms with Crippen LogP contribution in [0.25, 0.3) is 10.2 Å². The zero-order chi connectivity index (χ0) is 22.2. The van der Waals surface area contributed by atoms with E-state index in [2.05, 4.69) is 11.8 Å². The Morgan fingerprint density at radius 3 is 2.48 bits per heavy atom. The van der Waals surface area contributed by atoms with Crippen molar-refractivity contribution in [1.82, 2.24) is 14.9 Å². The molecule has 1 aliphatic heterocycles. The van der Waals surface area contributed by atoms with Crippen molar-refractivity contribution in [2.45, 2.75) is 88.0 Å². The lowest BCUT2D eigenvalue weighted by Gasteiger charge is -2.56. The van der Waals surface area contributed by atoms with E-state index >= 15 is 0 Å². The number of fused-ring (bicyclic) bond motifs is 3. The summed E-state index contributed by atoms with van der Waals surface area (Å²) < 4.78 is 0. The van der Waals surface area contributed by atoms with Crippen molar-refractivity contribution in [3.8, 4) is 0 Å². The quantitative estimate of drug-likeness (QED) is 0.397. The monoisotopic (exact) mass is 481 g/mol. The summed E-state index contributed by atoms with van der Waals surface area (Å²) in [5.74, 6) is 5.37. The Balaban J connectivity index is 1.29. The van der Waals surface area contributed by atoms with E-state index in [1.807, 2.05) is 11.3 Å². The van der Waals surface area contributed by atoms with Crippen LogP contribution in [-0.4, -0.2) is 39.6 Å². The van der Waals surface area contributed by atoms with Gasteiger partial charge in [0, 0.05) is 28.8 Å². The van der Waals surface area contributed by atoms with Crippen LogP contribution < -0.4 is 0 Å². The van der Waals surface area contributed by atoms with E-state index in [1.54, 1.807) is 11.8 Å². The molecule has 176 valence electrons. The molecule has 6 aliphatic rings. The standard InChI is InChI=1S/C27H35N3OS2/c1-16-4-5-20-21(8-16)33-25-23(20)24(32-15-22(31)30-6-2-3-7-30)28-26(29-25)27-12-17-9-18(13-27)11-19(10-17)14-27/h16-19H,2-15H2,1H3/t16-,17?,18?,19?,27?/m0/s1. The summed E-state index contributed by atoms with van der Waals surface area (Å²) >= 11 is 3.64. The highest BCUT2D eigenvalue weighted by Crippen LogP contribution is 2.60.